The lowest BCUT2D eigenvalue weighted by Gasteiger charge is -2.38. The summed E-state index contributed by atoms with van der Waals surface area (Å²) in [6, 6.07) is 11.6. The number of piperazine rings is 1. The van der Waals surface area contributed by atoms with Crippen molar-refractivity contribution in [2.75, 3.05) is 90.1 Å². The molecule has 4 aromatic rings. The Morgan fingerprint density at radius 3 is 2.46 bits per heavy atom. The second kappa shape index (κ2) is 23.2. The molecule has 0 radical (unpaired) electrons. The highest BCUT2D eigenvalue weighted by atomic mass is 35.5. The summed E-state index contributed by atoms with van der Waals surface area (Å²) in [7, 11) is 5.35. The maximum absolute atomic E-state index is 14.7. The molecule has 5 heterocycles. The van der Waals surface area contributed by atoms with Crippen molar-refractivity contribution in [1.29, 1.82) is 0 Å². The van der Waals surface area contributed by atoms with Crippen LogP contribution < -0.4 is 26.0 Å². The third-order valence-corrected chi connectivity index (χ3v) is 15.3. The van der Waals surface area contributed by atoms with Gasteiger partial charge in [0.05, 0.1) is 61.0 Å². The van der Waals surface area contributed by atoms with E-state index in [4.69, 9.17) is 25.8 Å². The van der Waals surface area contributed by atoms with Crippen LogP contribution >= 0.6 is 34.7 Å². The van der Waals surface area contributed by atoms with Gasteiger partial charge in [-0.2, -0.15) is 16.7 Å². The first-order valence-corrected chi connectivity index (χ1v) is 25.4. The van der Waals surface area contributed by atoms with Crippen molar-refractivity contribution in [3.05, 3.63) is 76.0 Å². The first kappa shape index (κ1) is 51.7. The van der Waals surface area contributed by atoms with Crippen molar-refractivity contribution in [3.63, 3.8) is 0 Å². The molecular formula is C48H62ClFN10O7S2. The Morgan fingerprint density at radius 1 is 1.06 bits per heavy atom. The molecule has 1 aliphatic carbocycles. The number of methoxy groups -OCH3 is 1. The molecule has 4 amide bonds. The molecule has 372 valence electrons. The summed E-state index contributed by atoms with van der Waals surface area (Å²) in [6.07, 6.45) is 2.88. The molecule has 2 aromatic heterocycles. The maximum atomic E-state index is 14.7. The number of rotatable bonds is 16. The summed E-state index contributed by atoms with van der Waals surface area (Å²) in [5.41, 5.74) is 4.17. The van der Waals surface area contributed by atoms with Crippen LogP contribution in [-0.2, 0) is 30.4 Å². The number of carbonyl (C=O) groups is 4. The third kappa shape index (κ3) is 13.2. The molecule has 3 atom stereocenters. The summed E-state index contributed by atoms with van der Waals surface area (Å²) >= 11 is 9.08. The number of nitrogens with zero attached hydrogens (tertiary/aromatic N) is 6. The molecule has 3 unspecified atom stereocenters. The minimum atomic E-state index is -1.92. The first-order valence-electron chi connectivity index (χ1n) is 23.1. The number of thioether (sulfide) groups is 1. The molecule has 1 saturated carbocycles. The van der Waals surface area contributed by atoms with E-state index in [0.29, 0.717) is 85.3 Å². The normalized spacial score (nSPS) is 19.4. The Labute approximate surface area is 416 Å². The minimum absolute atomic E-state index is 0.00756. The molecule has 0 spiro atoms. The topological polar surface area (TPSA) is 192 Å². The molecular weight excluding hydrogens is 947 g/mol. The lowest BCUT2D eigenvalue weighted by atomic mass is 10.00. The Hall–Kier alpha value is -5.12. The van der Waals surface area contributed by atoms with Gasteiger partial charge in [0, 0.05) is 62.4 Å². The molecule has 69 heavy (non-hydrogen) atoms. The van der Waals surface area contributed by atoms with Gasteiger partial charge in [-0.3, -0.25) is 19.2 Å². The summed E-state index contributed by atoms with van der Waals surface area (Å²) in [5.74, 6) is 0.633. The summed E-state index contributed by atoms with van der Waals surface area (Å²) in [6.45, 7) is 11.2. The van der Waals surface area contributed by atoms with Crippen LogP contribution in [0.2, 0.25) is 5.02 Å². The number of amides is 4. The summed E-state index contributed by atoms with van der Waals surface area (Å²) < 4.78 is 30.6. The smallest absolute Gasteiger partial charge is 0.258 e. The van der Waals surface area contributed by atoms with Crippen molar-refractivity contribution in [2.24, 2.45) is 0 Å². The van der Waals surface area contributed by atoms with Crippen molar-refractivity contribution in [1.82, 2.24) is 40.3 Å². The van der Waals surface area contributed by atoms with Crippen LogP contribution in [0.25, 0.3) is 10.4 Å². The van der Waals surface area contributed by atoms with E-state index in [1.54, 1.807) is 48.6 Å². The standard InChI is InChI=1S/C30H39FN4O5S2.C18H23ClN6O2/c1-19-24(41-18-33-19)21-8-6-20(7-9-21)15-32-26(36)23-5-4-12-35(23)27(37)25(34-28(38)30(31)10-11-30)29(2,3)42-17-22-16-39-13-14-40-22;1-20-16-13(19)11-21-18(23-16)22-14-5-4-12(10-15(14)27-3)17(26)25-8-6-24(2)7-9-25/h6-9,18,22-23,25H,4-5,10-17H2,1-3H3,(H,32,36)(H,34,38);4-5,10-11H,6-9H2,1-3H3,(H2,20,21,22,23). The molecule has 3 saturated heterocycles. The van der Waals surface area contributed by atoms with Gasteiger partial charge in [-0.25, -0.2) is 14.4 Å². The van der Waals surface area contributed by atoms with Gasteiger partial charge in [-0.05, 0) is 82.8 Å². The number of anilines is 3. The van der Waals surface area contributed by atoms with E-state index < -0.39 is 28.4 Å². The van der Waals surface area contributed by atoms with E-state index in [9.17, 15) is 23.6 Å². The quantitative estimate of drug-likeness (QED) is 0.103. The fraction of sp³-hybridized carbons (Fsp3) is 0.521. The number of aromatic nitrogens is 3. The van der Waals surface area contributed by atoms with E-state index >= 15 is 0 Å². The van der Waals surface area contributed by atoms with Crippen LogP contribution in [0.5, 0.6) is 5.75 Å². The van der Waals surface area contributed by atoms with E-state index in [1.165, 1.54) is 18.0 Å². The number of thiazole rings is 1. The lowest BCUT2D eigenvalue weighted by molar-refractivity contribution is -0.143. The number of aryl methyl sites for hydroxylation is 1. The molecule has 4 N–H and O–H groups in total. The second-order valence-corrected chi connectivity index (χ2v) is 20.9. The van der Waals surface area contributed by atoms with Crippen LogP contribution in [0.1, 0.15) is 61.1 Å². The number of ether oxygens (including phenoxy) is 3. The van der Waals surface area contributed by atoms with Gasteiger partial charge in [0.1, 0.15) is 28.7 Å². The number of halogens is 2. The fourth-order valence-electron chi connectivity index (χ4n) is 8.13. The average Bonchev–Trinajstić information content (AvgIpc) is 3.68. The predicted molar refractivity (Wildman–Crippen MR) is 267 cm³/mol. The maximum Gasteiger partial charge on any atom is 0.258 e. The number of hydrogen-bond donors (Lipinski definition) is 4. The van der Waals surface area contributed by atoms with E-state index in [-0.39, 0.29) is 36.7 Å². The second-order valence-electron chi connectivity index (χ2n) is 18.0. The lowest BCUT2D eigenvalue weighted by Crippen LogP contribution is -2.61. The monoisotopic (exact) mass is 1010 g/mol. The van der Waals surface area contributed by atoms with Crippen molar-refractivity contribution >= 4 is 75.8 Å². The number of likely N-dealkylation sites (tertiary alicyclic amines) is 1. The predicted octanol–water partition coefficient (Wildman–Crippen LogP) is 5.95. The Morgan fingerprint density at radius 2 is 1.81 bits per heavy atom. The van der Waals surface area contributed by atoms with Gasteiger partial charge in [-0.15, -0.1) is 11.3 Å². The van der Waals surface area contributed by atoms with Gasteiger partial charge in [0.25, 0.3) is 11.8 Å². The first-order chi connectivity index (χ1) is 33.1. The van der Waals surface area contributed by atoms with Crippen LogP contribution in [0.4, 0.5) is 21.8 Å². The highest BCUT2D eigenvalue weighted by Crippen LogP contribution is 2.41. The number of hydrogen-bond acceptors (Lipinski definition) is 15. The zero-order chi connectivity index (χ0) is 49.3. The molecule has 17 nitrogen and oxygen atoms in total. The summed E-state index contributed by atoms with van der Waals surface area (Å²) in [5, 5.41) is 12.2. The Balaban J connectivity index is 0.000000224. The molecule has 2 aromatic carbocycles. The zero-order valence-electron chi connectivity index (χ0n) is 39.9. The molecule has 8 rings (SSSR count). The van der Waals surface area contributed by atoms with Crippen LogP contribution in [-0.4, -0.2) is 161 Å². The fourth-order valence-corrected chi connectivity index (χ4v) is 10.3. The van der Waals surface area contributed by atoms with E-state index in [2.05, 4.69) is 48.2 Å². The SMILES string of the molecule is CNc1nc(Nc2ccc(C(=O)N3CCN(C)CC3)cc2OC)ncc1Cl.Cc1ncsc1-c1ccc(CNC(=O)C2CCCN2C(=O)C(NC(=O)C2(F)CC2)C(C)(C)SCC2COCCO2)cc1. The van der Waals surface area contributed by atoms with Crippen molar-refractivity contribution in [3.8, 4) is 16.2 Å². The van der Waals surface area contributed by atoms with Crippen LogP contribution in [0, 0.1) is 6.92 Å². The van der Waals surface area contributed by atoms with E-state index in [0.717, 1.165) is 47.9 Å². The molecule has 21 heteroatoms. The minimum Gasteiger partial charge on any atom is -0.495 e. The molecule has 4 aliphatic rings. The van der Waals surface area contributed by atoms with Crippen LogP contribution in [0.15, 0.2) is 54.2 Å². The van der Waals surface area contributed by atoms with Crippen molar-refractivity contribution < 1.29 is 37.8 Å². The van der Waals surface area contributed by atoms with Gasteiger partial charge in [0.2, 0.25) is 17.8 Å². The Bertz CT molecular complexity index is 2430. The number of alkyl halides is 1. The largest absolute Gasteiger partial charge is 0.495 e. The molecule has 4 fully saturated rings. The summed E-state index contributed by atoms with van der Waals surface area (Å²) in [4.78, 5) is 72.4. The highest BCUT2D eigenvalue weighted by molar-refractivity contribution is 8.00. The van der Waals surface area contributed by atoms with Gasteiger partial charge in [-0.1, -0.05) is 35.9 Å². The molecule has 3 aliphatic heterocycles. The van der Waals surface area contributed by atoms with Gasteiger partial charge in [0.15, 0.2) is 5.67 Å². The van der Waals surface area contributed by atoms with Crippen LogP contribution in [0.3, 0.4) is 0 Å². The van der Waals surface area contributed by atoms with E-state index in [1.807, 2.05) is 55.4 Å². The number of benzene rings is 2. The number of carbonyl (C=O) groups excluding carboxylic acids is 4. The third-order valence-electron chi connectivity index (χ3n) is 12.6. The number of nitrogens with one attached hydrogen (secondary N) is 4. The van der Waals surface area contributed by atoms with Crippen molar-refractivity contribution in [2.45, 2.75) is 81.6 Å². The number of likely N-dealkylation sites (N-methyl/N-ethyl adjacent to an activating group) is 1. The molecule has 0 bridgehead atoms. The Kier molecular flexibility index (Phi) is 17.4. The highest BCUT2D eigenvalue weighted by Gasteiger charge is 2.54. The van der Waals surface area contributed by atoms with Gasteiger partial charge >= 0.3 is 0 Å². The zero-order valence-corrected chi connectivity index (χ0v) is 42.3. The average molecular weight is 1010 g/mol. The van der Waals surface area contributed by atoms with Gasteiger partial charge < -0.3 is 50.2 Å².